The normalized spacial score (nSPS) is 33.0. The lowest BCUT2D eigenvalue weighted by Gasteiger charge is -2.60. The van der Waals surface area contributed by atoms with Gasteiger partial charge < -0.3 is 10.0 Å². The molecule has 2 atom stereocenters. The number of piperazine rings is 1. The number of fused-ring (bicyclic) bond motifs is 2. The summed E-state index contributed by atoms with van der Waals surface area (Å²) in [5, 5.41) is 10.1. The summed E-state index contributed by atoms with van der Waals surface area (Å²) in [6, 6.07) is 4.68. The van der Waals surface area contributed by atoms with Gasteiger partial charge in [0.1, 0.15) is 0 Å². The molecule has 1 N–H and O–H groups in total. The van der Waals surface area contributed by atoms with Gasteiger partial charge in [0.25, 0.3) is 0 Å². The zero-order valence-corrected chi connectivity index (χ0v) is 12.6. The average molecular weight is 288 g/mol. The molecule has 3 aliphatic heterocycles. The number of nitrogens with zero attached hydrogens (tertiary/aromatic N) is 4. The van der Waals surface area contributed by atoms with Gasteiger partial charge in [0.05, 0.1) is 11.6 Å². The Bertz CT molecular complexity index is 502. The van der Waals surface area contributed by atoms with Crippen molar-refractivity contribution in [2.45, 2.75) is 30.7 Å². The van der Waals surface area contributed by atoms with Crippen molar-refractivity contribution in [2.75, 3.05) is 39.8 Å². The third kappa shape index (κ3) is 2.38. The predicted octanol–water partition coefficient (Wildman–Crippen LogP) is 0.0166. The van der Waals surface area contributed by atoms with Gasteiger partial charge in [-0.2, -0.15) is 0 Å². The van der Waals surface area contributed by atoms with Crippen LogP contribution in [-0.2, 0) is 6.54 Å². The summed E-state index contributed by atoms with van der Waals surface area (Å²) in [4.78, 5) is 11.8. The number of hydrogen-bond donors (Lipinski definition) is 1. The van der Waals surface area contributed by atoms with Gasteiger partial charge in [0.15, 0.2) is 0 Å². The maximum absolute atomic E-state index is 10.1. The number of pyridine rings is 1. The van der Waals surface area contributed by atoms with Crippen LogP contribution in [0.25, 0.3) is 0 Å². The van der Waals surface area contributed by atoms with Gasteiger partial charge in [-0.15, -0.1) is 0 Å². The second-order valence-electron chi connectivity index (χ2n) is 7.12. The van der Waals surface area contributed by atoms with E-state index >= 15 is 0 Å². The molecular formula is C16H24N4O. The Balaban J connectivity index is 1.52. The minimum Gasteiger partial charge on any atom is -0.392 e. The van der Waals surface area contributed by atoms with Crippen molar-refractivity contribution < 1.29 is 5.11 Å². The number of rotatable bonds is 2. The topological polar surface area (TPSA) is 42.8 Å². The van der Waals surface area contributed by atoms with Crippen LogP contribution in [0.2, 0.25) is 0 Å². The number of likely N-dealkylation sites (tertiary alicyclic amines) is 1. The van der Waals surface area contributed by atoms with Gasteiger partial charge in [-0.05, 0) is 25.1 Å². The summed E-state index contributed by atoms with van der Waals surface area (Å²) in [7, 11) is 2.19. The van der Waals surface area contributed by atoms with Crippen molar-refractivity contribution in [2.24, 2.45) is 0 Å². The van der Waals surface area contributed by atoms with Crippen molar-refractivity contribution in [1.29, 1.82) is 0 Å². The molecule has 5 nitrogen and oxygen atoms in total. The van der Waals surface area contributed by atoms with Gasteiger partial charge in [0, 0.05) is 57.7 Å². The predicted molar refractivity (Wildman–Crippen MR) is 80.9 cm³/mol. The highest BCUT2D eigenvalue weighted by Crippen LogP contribution is 2.38. The lowest BCUT2D eigenvalue weighted by atomic mass is 9.84. The molecule has 0 amide bonds. The second kappa shape index (κ2) is 5.02. The zero-order valence-electron chi connectivity index (χ0n) is 12.6. The lowest BCUT2D eigenvalue weighted by Crippen LogP contribution is -2.77. The fraction of sp³-hybridized carbons (Fsp3) is 0.688. The molecule has 0 bridgehead atoms. The molecule has 1 spiro atoms. The van der Waals surface area contributed by atoms with E-state index in [0.29, 0.717) is 6.04 Å². The summed E-state index contributed by atoms with van der Waals surface area (Å²) in [6.07, 6.45) is 4.58. The van der Waals surface area contributed by atoms with Crippen molar-refractivity contribution in [3.05, 3.63) is 30.1 Å². The molecule has 1 aromatic heterocycles. The van der Waals surface area contributed by atoms with Gasteiger partial charge in [-0.3, -0.25) is 14.8 Å². The third-order valence-corrected chi connectivity index (χ3v) is 5.25. The van der Waals surface area contributed by atoms with Crippen molar-refractivity contribution >= 4 is 0 Å². The minimum atomic E-state index is -0.142. The van der Waals surface area contributed by atoms with E-state index in [1.54, 1.807) is 0 Å². The summed E-state index contributed by atoms with van der Waals surface area (Å²) < 4.78 is 0. The van der Waals surface area contributed by atoms with Gasteiger partial charge >= 0.3 is 0 Å². The first-order chi connectivity index (χ1) is 10.1. The molecule has 3 saturated heterocycles. The molecule has 0 saturated carbocycles. The molecule has 114 valence electrons. The molecule has 3 fully saturated rings. The highest BCUT2D eigenvalue weighted by molar-refractivity contribution is 5.15. The van der Waals surface area contributed by atoms with Crippen LogP contribution in [0.3, 0.4) is 0 Å². The number of aromatic nitrogens is 1. The molecule has 21 heavy (non-hydrogen) atoms. The minimum absolute atomic E-state index is 0.142. The summed E-state index contributed by atoms with van der Waals surface area (Å²) >= 11 is 0. The van der Waals surface area contributed by atoms with E-state index in [1.807, 2.05) is 18.5 Å². The molecule has 4 heterocycles. The zero-order chi connectivity index (χ0) is 14.4. The Morgan fingerprint density at radius 1 is 1.33 bits per heavy atom. The largest absolute Gasteiger partial charge is 0.392 e. The number of β-amino-alcohol motifs (C(OH)–C–C–N with tert-alkyl or cyclic N) is 1. The molecule has 4 rings (SSSR count). The van der Waals surface area contributed by atoms with E-state index in [4.69, 9.17) is 0 Å². The van der Waals surface area contributed by atoms with E-state index in [-0.39, 0.29) is 11.6 Å². The molecular weight excluding hydrogens is 264 g/mol. The molecule has 0 aromatic carbocycles. The van der Waals surface area contributed by atoms with Crippen LogP contribution in [0.5, 0.6) is 0 Å². The molecule has 0 radical (unpaired) electrons. The van der Waals surface area contributed by atoms with Crippen molar-refractivity contribution in [3.8, 4) is 0 Å². The highest BCUT2D eigenvalue weighted by atomic mass is 16.3. The quantitative estimate of drug-likeness (QED) is 0.831. The van der Waals surface area contributed by atoms with Crippen LogP contribution in [0.4, 0.5) is 0 Å². The second-order valence-corrected chi connectivity index (χ2v) is 7.12. The number of hydrogen-bond acceptors (Lipinski definition) is 5. The lowest BCUT2D eigenvalue weighted by molar-refractivity contribution is -0.107. The third-order valence-electron chi connectivity index (χ3n) is 5.25. The van der Waals surface area contributed by atoms with Gasteiger partial charge in [-0.25, -0.2) is 0 Å². The van der Waals surface area contributed by atoms with E-state index < -0.39 is 0 Å². The fourth-order valence-electron chi connectivity index (χ4n) is 4.63. The molecule has 1 aromatic rings. The Morgan fingerprint density at radius 2 is 2.19 bits per heavy atom. The van der Waals surface area contributed by atoms with Crippen LogP contribution < -0.4 is 0 Å². The number of aliphatic hydroxyl groups is 1. The molecule has 5 heteroatoms. The highest BCUT2D eigenvalue weighted by Gasteiger charge is 2.54. The maximum atomic E-state index is 10.1. The van der Waals surface area contributed by atoms with Crippen molar-refractivity contribution in [3.63, 3.8) is 0 Å². The van der Waals surface area contributed by atoms with Crippen LogP contribution in [0, 0.1) is 0 Å². The van der Waals surface area contributed by atoms with Gasteiger partial charge in [0.2, 0.25) is 0 Å². The van der Waals surface area contributed by atoms with Crippen LogP contribution in [0.1, 0.15) is 12.0 Å². The Labute approximate surface area is 126 Å². The monoisotopic (exact) mass is 288 g/mol. The fourth-order valence-corrected chi connectivity index (χ4v) is 4.63. The van der Waals surface area contributed by atoms with E-state index in [9.17, 15) is 5.11 Å². The van der Waals surface area contributed by atoms with E-state index in [0.717, 1.165) is 45.7 Å². The summed E-state index contributed by atoms with van der Waals surface area (Å²) in [5.41, 5.74) is 1.55. The maximum Gasteiger partial charge on any atom is 0.0682 e. The summed E-state index contributed by atoms with van der Waals surface area (Å²) in [6.45, 7) is 6.26. The average Bonchev–Trinajstić information content (AvgIpc) is 2.79. The van der Waals surface area contributed by atoms with Gasteiger partial charge in [-0.1, -0.05) is 6.07 Å². The molecule has 0 unspecified atom stereocenters. The summed E-state index contributed by atoms with van der Waals surface area (Å²) in [5.74, 6) is 0. The van der Waals surface area contributed by atoms with Crippen LogP contribution in [-0.4, -0.2) is 82.2 Å². The van der Waals surface area contributed by atoms with Crippen LogP contribution >= 0.6 is 0 Å². The van der Waals surface area contributed by atoms with E-state index in [2.05, 4.69) is 32.8 Å². The number of aliphatic hydroxyl groups excluding tert-OH is 1. The first kappa shape index (κ1) is 13.6. The smallest absolute Gasteiger partial charge is 0.0682 e. The molecule has 3 aliphatic rings. The first-order valence-corrected chi connectivity index (χ1v) is 7.89. The standard InChI is InChI=1S/C16H24N4O/c1-18-10-16(11-18)12-19(7-13-3-2-4-17-6-13)8-14-5-15(21)9-20(14)16/h2-4,6,14-15,21H,5,7-12H2,1H3/t14-,15+/m0/s1. The molecule has 0 aliphatic carbocycles. The number of likely N-dealkylation sites (N-methyl/N-ethyl adjacent to an activating group) is 1. The Kier molecular flexibility index (Phi) is 3.26. The van der Waals surface area contributed by atoms with Crippen molar-refractivity contribution in [1.82, 2.24) is 19.7 Å². The van der Waals surface area contributed by atoms with E-state index in [1.165, 1.54) is 5.56 Å². The Morgan fingerprint density at radius 3 is 2.90 bits per heavy atom. The SMILES string of the molecule is CN1CC2(C1)CN(Cc1cccnc1)C[C@@H]1C[C@@H](O)CN12. The first-order valence-electron chi connectivity index (χ1n) is 7.89. The Hall–Kier alpha value is -1.01. The van der Waals surface area contributed by atoms with Crippen LogP contribution in [0.15, 0.2) is 24.5 Å².